The number of nitrogens with one attached hydrogen (secondary N) is 2. The molecule has 3 aromatic rings. The summed E-state index contributed by atoms with van der Waals surface area (Å²) in [4.78, 5) is 6.21. The van der Waals surface area contributed by atoms with Crippen molar-refractivity contribution in [3.8, 4) is 11.8 Å². The van der Waals surface area contributed by atoms with Gasteiger partial charge < -0.3 is 0 Å². The van der Waals surface area contributed by atoms with Crippen molar-refractivity contribution < 1.29 is 17.6 Å². The number of nitrogens with zero attached hydrogens (tertiary/aromatic N) is 3. The molecule has 1 aliphatic rings. The molecule has 1 saturated heterocycles. The zero-order chi connectivity index (χ0) is 27.4. The van der Waals surface area contributed by atoms with Crippen LogP contribution in [0.5, 0.6) is 0 Å². The summed E-state index contributed by atoms with van der Waals surface area (Å²) < 4.78 is 56.7. The van der Waals surface area contributed by atoms with E-state index in [-0.39, 0.29) is 29.8 Å². The summed E-state index contributed by atoms with van der Waals surface area (Å²) >= 11 is -1.85. The van der Waals surface area contributed by atoms with Crippen molar-refractivity contribution in [1.82, 2.24) is 14.3 Å². The van der Waals surface area contributed by atoms with Crippen LogP contribution >= 0.6 is 0 Å². The topological polar surface area (TPSA) is 96.6 Å². The zero-order valence-corrected chi connectivity index (χ0v) is 22.5. The van der Waals surface area contributed by atoms with E-state index in [1.54, 1.807) is 6.07 Å². The van der Waals surface area contributed by atoms with Gasteiger partial charge in [-0.1, -0.05) is 0 Å². The van der Waals surface area contributed by atoms with Crippen LogP contribution in [-0.4, -0.2) is 73.2 Å². The SMILES string of the molecule is C=C(N)c1ccc(CN)c(NCC#Cc2cc3c(NC4CCN(C)CC4F)nccn3c2[Se]C(F)(F)F)c1. The number of rotatable bonds is 7. The second kappa shape index (κ2) is 11.7. The third kappa shape index (κ3) is 6.60. The molecule has 2 atom stereocenters. The molecule has 1 aromatic carbocycles. The first kappa shape index (κ1) is 27.8. The molecule has 4 rings (SSSR count). The van der Waals surface area contributed by atoms with E-state index in [0.717, 1.165) is 16.8 Å². The number of hydrogen-bond acceptors (Lipinski definition) is 6. The maximum absolute atomic E-state index is 14.6. The van der Waals surface area contributed by atoms with Crippen molar-refractivity contribution in [1.29, 1.82) is 0 Å². The fraction of sp³-hybridized carbons (Fsp3) is 0.346. The number of anilines is 2. The van der Waals surface area contributed by atoms with Crippen LogP contribution in [0.4, 0.5) is 29.1 Å². The van der Waals surface area contributed by atoms with Gasteiger partial charge in [-0.25, -0.2) is 0 Å². The Kier molecular flexibility index (Phi) is 8.53. The molecule has 0 spiro atoms. The van der Waals surface area contributed by atoms with Gasteiger partial charge in [0.2, 0.25) is 0 Å². The Morgan fingerprint density at radius 1 is 1.32 bits per heavy atom. The molecule has 12 heteroatoms. The number of benzene rings is 1. The Balaban J connectivity index is 1.62. The van der Waals surface area contributed by atoms with Crippen LogP contribution in [0.1, 0.15) is 23.1 Å². The van der Waals surface area contributed by atoms with Gasteiger partial charge in [-0.2, -0.15) is 0 Å². The van der Waals surface area contributed by atoms with Gasteiger partial charge >= 0.3 is 225 Å². The minimum absolute atomic E-state index is 0.0576. The van der Waals surface area contributed by atoms with Gasteiger partial charge in [0, 0.05) is 0 Å². The van der Waals surface area contributed by atoms with E-state index in [1.807, 2.05) is 30.1 Å². The molecular formula is C26H29F4N7Se. The van der Waals surface area contributed by atoms with Gasteiger partial charge in [0.05, 0.1) is 0 Å². The standard InChI is InChI=1S/C26H29F4N7Se/c1-16(32)17-5-6-19(14-31)22(12-17)33-8-3-4-18-13-23-24(35-21-7-10-36(2)15-20(21)27)34-9-11-37(23)25(18)38-26(28,29)30/h5-6,9,11-13,20-21,33H,1,7-8,10,14-15,31-32H2,2H3,(H,34,35). The van der Waals surface area contributed by atoms with Crippen LogP contribution in [0.25, 0.3) is 11.2 Å². The summed E-state index contributed by atoms with van der Waals surface area (Å²) in [6.45, 7) is 5.18. The second-order valence-electron chi connectivity index (χ2n) is 9.02. The number of piperidine rings is 1. The molecule has 1 fully saturated rings. The molecule has 7 nitrogen and oxygen atoms in total. The Morgan fingerprint density at radius 2 is 2.11 bits per heavy atom. The van der Waals surface area contributed by atoms with Crippen molar-refractivity contribution in [3.05, 3.63) is 59.9 Å². The molecule has 0 aliphatic carbocycles. The first-order valence-electron chi connectivity index (χ1n) is 11.9. The number of likely N-dealkylation sites (tertiary alicyclic amines) is 1. The number of halogens is 4. The first-order chi connectivity index (χ1) is 18.1. The van der Waals surface area contributed by atoms with Gasteiger partial charge in [0.25, 0.3) is 0 Å². The van der Waals surface area contributed by atoms with Gasteiger partial charge in [0.15, 0.2) is 0 Å². The zero-order valence-electron chi connectivity index (χ0n) is 20.8. The predicted molar refractivity (Wildman–Crippen MR) is 144 cm³/mol. The fourth-order valence-electron chi connectivity index (χ4n) is 4.29. The molecule has 3 heterocycles. The molecule has 2 aromatic heterocycles. The van der Waals surface area contributed by atoms with Gasteiger partial charge in [-0.15, -0.1) is 0 Å². The predicted octanol–water partition coefficient (Wildman–Crippen LogP) is 2.49. The summed E-state index contributed by atoms with van der Waals surface area (Å²) in [5, 5.41) is 1.89. The van der Waals surface area contributed by atoms with Crippen molar-refractivity contribution in [2.45, 2.75) is 30.3 Å². The Morgan fingerprint density at radius 3 is 2.79 bits per heavy atom. The fourth-order valence-corrected chi connectivity index (χ4v) is 5.75. The Bertz CT molecular complexity index is 1380. The number of aromatic nitrogens is 2. The Hall–Kier alpha value is -3.23. The third-order valence-corrected chi connectivity index (χ3v) is 7.99. The number of fused-ring (bicyclic) bond motifs is 1. The van der Waals surface area contributed by atoms with Crippen molar-refractivity contribution in [2.24, 2.45) is 11.5 Å². The molecule has 38 heavy (non-hydrogen) atoms. The molecule has 1 aliphatic heterocycles. The van der Waals surface area contributed by atoms with Crippen molar-refractivity contribution in [2.75, 3.05) is 37.3 Å². The molecule has 6 N–H and O–H groups in total. The van der Waals surface area contributed by atoms with E-state index in [4.69, 9.17) is 11.5 Å². The van der Waals surface area contributed by atoms with E-state index in [2.05, 4.69) is 34.0 Å². The number of alkyl halides is 4. The van der Waals surface area contributed by atoms with Crippen LogP contribution in [0, 0.1) is 11.8 Å². The number of hydrogen-bond donors (Lipinski definition) is 4. The summed E-state index contributed by atoms with van der Waals surface area (Å²) in [5.74, 6) is 6.14. The van der Waals surface area contributed by atoms with Gasteiger partial charge in [-0.3, -0.25) is 0 Å². The van der Waals surface area contributed by atoms with E-state index in [0.29, 0.717) is 30.0 Å². The third-order valence-electron chi connectivity index (χ3n) is 6.22. The molecular weight excluding hydrogens is 565 g/mol. The molecule has 0 amide bonds. The van der Waals surface area contributed by atoms with Crippen LogP contribution in [0.2, 0.25) is 0 Å². The van der Waals surface area contributed by atoms with Gasteiger partial charge in [0.1, 0.15) is 0 Å². The van der Waals surface area contributed by atoms with Crippen molar-refractivity contribution >= 4 is 42.3 Å². The van der Waals surface area contributed by atoms with Crippen LogP contribution in [-0.2, 0) is 6.54 Å². The Labute approximate surface area is 224 Å². The summed E-state index contributed by atoms with van der Waals surface area (Å²) in [7, 11) is 1.85. The quantitative estimate of drug-likeness (QED) is 0.191. The normalized spacial score (nSPS) is 18.2. The summed E-state index contributed by atoms with van der Waals surface area (Å²) in [6.07, 6.45) is 2.33. The molecule has 0 radical (unpaired) electrons. The van der Waals surface area contributed by atoms with E-state index in [1.165, 1.54) is 16.8 Å². The first-order valence-corrected chi connectivity index (χ1v) is 13.6. The van der Waals surface area contributed by atoms with E-state index < -0.39 is 32.2 Å². The summed E-state index contributed by atoms with van der Waals surface area (Å²) in [6, 6.07) is 6.56. The van der Waals surface area contributed by atoms with Crippen LogP contribution in [0.3, 0.4) is 0 Å². The monoisotopic (exact) mass is 595 g/mol. The van der Waals surface area contributed by atoms with E-state index >= 15 is 0 Å². The van der Waals surface area contributed by atoms with E-state index in [9.17, 15) is 17.6 Å². The molecule has 0 saturated carbocycles. The van der Waals surface area contributed by atoms with Crippen molar-refractivity contribution in [3.63, 3.8) is 0 Å². The molecule has 2 unspecified atom stereocenters. The van der Waals surface area contributed by atoms with Gasteiger partial charge in [-0.05, 0) is 0 Å². The molecule has 0 bridgehead atoms. The maximum atomic E-state index is 14.6. The summed E-state index contributed by atoms with van der Waals surface area (Å²) in [5.41, 5.74) is 15.0. The number of nitrogens with two attached hydrogens (primary N) is 2. The second-order valence-corrected chi connectivity index (χ2v) is 11.2. The van der Waals surface area contributed by atoms with Crippen LogP contribution < -0.4 is 26.7 Å². The average Bonchev–Trinajstić information content (AvgIpc) is 3.20. The molecule has 202 valence electrons. The van der Waals surface area contributed by atoms with Crippen LogP contribution in [0.15, 0.2) is 43.2 Å². The average molecular weight is 595 g/mol. The minimum atomic E-state index is -4.38.